The number of nitrogens with two attached hydrogens (primary N) is 1. The summed E-state index contributed by atoms with van der Waals surface area (Å²) in [6, 6.07) is 10.7. The molecule has 0 aliphatic carbocycles. The van der Waals surface area contributed by atoms with Gasteiger partial charge in [-0.2, -0.15) is 10.5 Å². The third kappa shape index (κ3) is 4.75. The first-order valence-corrected chi connectivity index (χ1v) is 8.99. The minimum Gasteiger partial charge on any atom is -0.859 e. The Kier molecular flexibility index (Phi) is 6.39. The van der Waals surface area contributed by atoms with E-state index in [1.165, 1.54) is 25.9 Å². The molecule has 2 aromatic rings. The third-order valence-electron chi connectivity index (χ3n) is 4.51. The van der Waals surface area contributed by atoms with Crippen molar-refractivity contribution in [1.82, 2.24) is 4.98 Å². The maximum atomic E-state index is 11.8. The Balaban J connectivity index is 0.000000451. The highest BCUT2D eigenvalue weighted by atomic mass is 16.3. The van der Waals surface area contributed by atoms with E-state index in [0.717, 1.165) is 5.56 Å². The van der Waals surface area contributed by atoms with Gasteiger partial charge in [0.25, 0.3) is 5.56 Å². The van der Waals surface area contributed by atoms with Gasteiger partial charge in [-0.05, 0) is 22.4 Å². The average Bonchev–Trinajstić information content (AvgIpc) is 3.20. The van der Waals surface area contributed by atoms with Crippen LogP contribution in [0.3, 0.4) is 0 Å². The minimum atomic E-state index is -0.776. The summed E-state index contributed by atoms with van der Waals surface area (Å²) in [5.74, 6) is -0.776. The van der Waals surface area contributed by atoms with Gasteiger partial charge in [0.1, 0.15) is 17.7 Å². The van der Waals surface area contributed by atoms with Gasteiger partial charge in [-0.3, -0.25) is 4.79 Å². The molecule has 0 spiro atoms. The summed E-state index contributed by atoms with van der Waals surface area (Å²) < 4.78 is 0. The van der Waals surface area contributed by atoms with Crippen LogP contribution in [0.15, 0.2) is 29.1 Å². The van der Waals surface area contributed by atoms with Gasteiger partial charge in [-0.1, -0.05) is 45.0 Å². The fourth-order valence-corrected chi connectivity index (χ4v) is 2.94. The predicted molar refractivity (Wildman–Crippen MR) is 101 cm³/mol. The molecule has 0 saturated carbocycles. The van der Waals surface area contributed by atoms with Crippen LogP contribution in [-0.4, -0.2) is 18.1 Å². The van der Waals surface area contributed by atoms with Gasteiger partial charge in [0.05, 0.1) is 18.7 Å². The maximum absolute atomic E-state index is 11.8. The molecule has 0 bridgehead atoms. The number of nitriles is 2. The molecule has 2 heterocycles. The zero-order valence-electron chi connectivity index (χ0n) is 15.9. The normalized spacial score (nSPS) is 13.2. The Hall–Kier alpha value is -3.09. The van der Waals surface area contributed by atoms with E-state index in [0.29, 0.717) is 5.56 Å². The van der Waals surface area contributed by atoms with Crippen molar-refractivity contribution in [2.45, 2.75) is 39.0 Å². The second kappa shape index (κ2) is 8.53. The number of H-pyrrole nitrogens is 1. The number of nitrogens with zero attached hydrogens (tertiary/aromatic N) is 2. The van der Waals surface area contributed by atoms with Gasteiger partial charge in [-0.25, -0.2) is 0 Å². The van der Waals surface area contributed by atoms with E-state index in [1.54, 1.807) is 24.3 Å². The molecule has 140 valence electrons. The molecule has 1 aromatic heterocycles. The van der Waals surface area contributed by atoms with E-state index in [4.69, 9.17) is 0 Å². The number of benzene rings is 1. The van der Waals surface area contributed by atoms with E-state index < -0.39 is 11.4 Å². The largest absolute Gasteiger partial charge is 0.859 e. The summed E-state index contributed by atoms with van der Waals surface area (Å²) in [6.45, 7) is 8.94. The van der Waals surface area contributed by atoms with E-state index in [2.05, 4.69) is 26.1 Å². The van der Waals surface area contributed by atoms with Crippen LogP contribution in [-0.2, 0) is 5.41 Å². The summed E-state index contributed by atoms with van der Waals surface area (Å²) in [4.78, 5) is 13.8. The molecule has 1 aromatic carbocycles. The Morgan fingerprint density at radius 3 is 2.00 bits per heavy atom. The third-order valence-corrected chi connectivity index (χ3v) is 4.51. The van der Waals surface area contributed by atoms with Crippen molar-refractivity contribution in [3.63, 3.8) is 0 Å². The standard InChI is InChI=1S/C17H15N3O2.C4H9N/c1-17(2,3)11-6-4-10(5-7-11)14-12(8-18)15(21)20-16(22)13(14)9-19;1-2-4-5-3-1/h4-7H,1-3H3,(H2,20,21,22);5H,1-4H2. The summed E-state index contributed by atoms with van der Waals surface area (Å²) in [6.07, 6.45) is 2.89. The van der Waals surface area contributed by atoms with Gasteiger partial charge in [0, 0.05) is 18.4 Å². The first kappa shape index (κ1) is 20.2. The molecule has 1 fully saturated rings. The van der Waals surface area contributed by atoms with Crippen molar-refractivity contribution in [2.75, 3.05) is 13.1 Å². The zero-order chi connectivity index (χ0) is 20.0. The van der Waals surface area contributed by atoms with Crippen LogP contribution in [0.4, 0.5) is 0 Å². The SMILES string of the molecule is C1CC[NH2+]C1.CC(C)(C)c1ccc(-c2c(C#N)c([O-])[nH]c(=O)c2C#N)cc1. The monoisotopic (exact) mass is 364 g/mol. The molecule has 0 atom stereocenters. The van der Waals surface area contributed by atoms with E-state index in [1.807, 2.05) is 17.1 Å². The molecule has 0 radical (unpaired) electrons. The molecule has 6 heteroatoms. The molecule has 3 N–H and O–H groups in total. The molecule has 1 aliphatic heterocycles. The van der Waals surface area contributed by atoms with Crippen molar-refractivity contribution in [3.05, 3.63) is 51.3 Å². The second-order valence-electron chi connectivity index (χ2n) is 7.53. The Labute approximate surface area is 159 Å². The fourth-order valence-electron chi connectivity index (χ4n) is 2.94. The number of quaternary nitrogens is 1. The number of hydrogen-bond acceptors (Lipinski definition) is 4. The van der Waals surface area contributed by atoms with Crippen LogP contribution in [0.1, 0.15) is 50.3 Å². The number of rotatable bonds is 1. The number of pyridine rings is 1. The van der Waals surface area contributed by atoms with Gasteiger partial charge >= 0.3 is 0 Å². The van der Waals surface area contributed by atoms with Gasteiger partial charge in [0.15, 0.2) is 0 Å². The number of hydrogen-bond donors (Lipinski definition) is 2. The number of nitrogens with one attached hydrogen (secondary N) is 1. The zero-order valence-corrected chi connectivity index (χ0v) is 15.9. The van der Waals surface area contributed by atoms with Crippen LogP contribution in [0.5, 0.6) is 5.88 Å². The van der Waals surface area contributed by atoms with E-state index >= 15 is 0 Å². The Bertz CT molecular complexity index is 927. The van der Waals surface area contributed by atoms with Crippen molar-refractivity contribution in [2.24, 2.45) is 0 Å². The van der Waals surface area contributed by atoms with Crippen LogP contribution >= 0.6 is 0 Å². The van der Waals surface area contributed by atoms with Crippen molar-refractivity contribution >= 4 is 0 Å². The number of aromatic amines is 1. The Morgan fingerprint density at radius 1 is 1.04 bits per heavy atom. The van der Waals surface area contributed by atoms with E-state index in [9.17, 15) is 20.4 Å². The maximum Gasteiger partial charge on any atom is 0.266 e. The lowest BCUT2D eigenvalue weighted by molar-refractivity contribution is -0.635. The molecule has 27 heavy (non-hydrogen) atoms. The van der Waals surface area contributed by atoms with Gasteiger partial charge < -0.3 is 15.4 Å². The average molecular weight is 364 g/mol. The quantitative estimate of drug-likeness (QED) is 0.796. The van der Waals surface area contributed by atoms with Crippen LogP contribution < -0.4 is 16.0 Å². The molecule has 0 unspecified atom stereocenters. The molecular formula is C21H24N4O2. The summed E-state index contributed by atoms with van der Waals surface area (Å²) in [5, 5.41) is 32.5. The van der Waals surface area contributed by atoms with E-state index in [-0.39, 0.29) is 22.1 Å². The Morgan fingerprint density at radius 2 is 1.59 bits per heavy atom. The molecule has 1 aliphatic rings. The molecule has 0 amide bonds. The van der Waals surface area contributed by atoms with Crippen LogP contribution in [0, 0.1) is 22.7 Å². The first-order valence-electron chi connectivity index (χ1n) is 8.99. The lowest BCUT2D eigenvalue weighted by Gasteiger charge is -2.20. The fraction of sp³-hybridized carbons (Fsp3) is 0.381. The molecule has 1 saturated heterocycles. The lowest BCUT2D eigenvalue weighted by atomic mass is 9.85. The summed E-state index contributed by atoms with van der Waals surface area (Å²) in [7, 11) is 0. The predicted octanol–water partition coefficient (Wildman–Crippen LogP) is 1.50. The molecular weight excluding hydrogens is 340 g/mol. The van der Waals surface area contributed by atoms with Crippen molar-refractivity contribution in [1.29, 1.82) is 10.5 Å². The van der Waals surface area contributed by atoms with Crippen molar-refractivity contribution < 1.29 is 10.4 Å². The second-order valence-corrected chi connectivity index (χ2v) is 7.53. The molecule has 3 rings (SSSR count). The van der Waals surface area contributed by atoms with Crippen molar-refractivity contribution in [3.8, 4) is 29.1 Å². The van der Waals surface area contributed by atoms with Gasteiger partial charge in [-0.15, -0.1) is 0 Å². The smallest absolute Gasteiger partial charge is 0.266 e. The lowest BCUT2D eigenvalue weighted by Crippen LogP contribution is -2.80. The molecule has 6 nitrogen and oxygen atoms in total. The first-order chi connectivity index (χ1) is 12.8. The van der Waals surface area contributed by atoms with Crippen LogP contribution in [0.25, 0.3) is 11.1 Å². The van der Waals surface area contributed by atoms with Crippen LogP contribution in [0.2, 0.25) is 0 Å². The highest BCUT2D eigenvalue weighted by molar-refractivity contribution is 5.77. The highest BCUT2D eigenvalue weighted by Crippen LogP contribution is 2.30. The minimum absolute atomic E-state index is 0.0491. The highest BCUT2D eigenvalue weighted by Gasteiger charge is 2.18. The summed E-state index contributed by atoms with van der Waals surface area (Å²) in [5.41, 5.74) is 0.400. The van der Waals surface area contributed by atoms with Gasteiger partial charge in [0.2, 0.25) is 0 Å². The summed E-state index contributed by atoms with van der Waals surface area (Å²) >= 11 is 0. The topological polar surface area (TPSA) is 120 Å². The number of aromatic nitrogens is 1.